The number of hydrogen-bond donors (Lipinski definition) is 1. The first-order chi connectivity index (χ1) is 12.7. The molecule has 1 saturated heterocycles. The number of piperidine rings is 1. The van der Waals surface area contributed by atoms with Crippen LogP contribution in [0.2, 0.25) is 0 Å². The van der Waals surface area contributed by atoms with E-state index in [-0.39, 0.29) is 12.1 Å². The Hall–Kier alpha value is -2.17. The van der Waals surface area contributed by atoms with E-state index in [4.69, 9.17) is 9.47 Å². The van der Waals surface area contributed by atoms with Gasteiger partial charge < -0.3 is 19.7 Å². The Morgan fingerprint density at radius 1 is 1.22 bits per heavy atom. The van der Waals surface area contributed by atoms with Crippen LogP contribution in [0.1, 0.15) is 52.0 Å². The SMILES string of the molecule is C=C(OCc1ccccc1)N1CCC2(CC1)CC(NC(=O)OC(C)(C)C)C2. The normalized spacial score (nSPS) is 19.3. The van der Waals surface area contributed by atoms with E-state index >= 15 is 0 Å². The number of likely N-dealkylation sites (tertiary alicyclic amines) is 1. The second kappa shape index (κ2) is 7.83. The lowest BCUT2D eigenvalue weighted by atomic mass is 9.60. The monoisotopic (exact) mass is 372 g/mol. The second-order valence-electron chi connectivity index (χ2n) is 8.91. The number of nitrogens with one attached hydrogen (secondary N) is 1. The van der Waals surface area contributed by atoms with Gasteiger partial charge in [-0.05, 0) is 64.0 Å². The van der Waals surface area contributed by atoms with Crippen LogP contribution in [0.5, 0.6) is 0 Å². The van der Waals surface area contributed by atoms with E-state index in [1.54, 1.807) is 0 Å². The molecule has 5 heteroatoms. The van der Waals surface area contributed by atoms with E-state index in [9.17, 15) is 4.79 Å². The van der Waals surface area contributed by atoms with Gasteiger partial charge in [0.2, 0.25) is 0 Å². The standard InChI is InChI=1S/C22H32N2O3/c1-17(26-16-18-8-6-5-7-9-18)24-12-10-22(11-13-24)14-19(15-22)23-20(25)27-21(2,3)4/h5-9,19H,1,10-16H2,2-4H3,(H,23,25). The summed E-state index contributed by atoms with van der Waals surface area (Å²) in [7, 11) is 0. The molecular formula is C22H32N2O3. The van der Waals surface area contributed by atoms with Crippen molar-refractivity contribution >= 4 is 6.09 Å². The van der Waals surface area contributed by atoms with Crippen molar-refractivity contribution in [2.75, 3.05) is 13.1 Å². The molecule has 0 aromatic heterocycles. The molecule has 1 aliphatic carbocycles. The maximum atomic E-state index is 11.9. The summed E-state index contributed by atoms with van der Waals surface area (Å²) in [5.74, 6) is 0.761. The molecule has 3 rings (SSSR count). The van der Waals surface area contributed by atoms with Gasteiger partial charge in [-0.2, -0.15) is 0 Å². The maximum absolute atomic E-state index is 11.9. The summed E-state index contributed by atoms with van der Waals surface area (Å²) in [6, 6.07) is 10.4. The first-order valence-electron chi connectivity index (χ1n) is 9.85. The molecule has 1 amide bonds. The number of carbonyl (C=O) groups is 1. The Bertz CT molecular complexity index is 650. The van der Waals surface area contributed by atoms with E-state index in [0.29, 0.717) is 12.0 Å². The van der Waals surface area contributed by atoms with E-state index in [2.05, 4.69) is 28.9 Å². The van der Waals surface area contributed by atoms with Gasteiger partial charge in [-0.15, -0.1) is 0 Å². The zero-order valence-corrected chi connectivity index (χ0v) is 16.8. The van der Waals surface area contributed by atoms with Crippen molar-refractivity contribution in [2.45, 2.75) is 64.7 Å². The van der Waals surface area contributed by atoms with Gasteiger partial charge in [-0.25, -0.2) is 4.79 Å². The number of ether oxygens (including phenoxy) is 2. The molecular weight excluding hydrogens is 340 g/mol. The Kier molecular flexibility index (Phi) is 5.68. The van der Waals surface area contributed by atoms with E-state index < -0.39 is 5.60 Å². The predicted molar refractivity (Wildman–Crippen MR) is 106 cm³/mol. The molecule has 0 bridgehead atoms. The summed E-state index contributed by atoms with van der Waals surface area (Å²) in [4.78, 5) is 14.1. The first-order valence-corrected chi connectivity index (χ1v) is 9.85. The van der Waals surface area contributed by atoms with Crippen LogP contribution < -0.4 is 5.32 Å². The van der Waals surface area contributed by atoms with Crippen LogP contribution >= 0.6 is 0 Å². The zero-order valence-electron chi connectivity index (χ0n) is 16.8. The molecule has 1 aromatic carbocycles. The number of rotatable bonds is 5. The number of alkyl carbamates (subject to hydrolysis) is 1. The summed E-state index contributed by atoms with van der Waals surface area (Å²) >= 11 is 0. The van der Waals surface area contributed by atoms with Crippen LogP contribution in [-0.2, 0) is 16.1 Å². The van der Waals surface area contributed by atoms with E-state index in [1.807, 2.05) is 39.0 Å². The molecule has 2 fully saturated rings. The highest BCUT2D eigenvalue weighted by Crippen LogP contribution is 2.49. The molecule has 27 heavy (non-hydrogen) atoms. The first kappa shape index (κ1) is 19.6. The number of hydrogen-bond acceptors (Lipinski definition) is 4. The molecule has 1 saturated carbocycles. The van der Waals surface area contributed by atoms with Crippen LogP contribution in [0.4, 0.5) is 4.79 Å². The Labute approximate surface area is 162 Å². The minimum atomic E-state index is -0.447. The van der Waals surface area contributed by atoms with Crippen molar-refractivity contribution in [3.63, 3.8) is 0 Å². The van der Waals surface area contributed by atoms with Crippen molar-refractivity contribution in [1.82, 2.24) is 10.2 Å². The number of nitrogens with zero attached hydrogens (tertiary/aromatic N) is 1. The molecule has 1 spiro atoms. The Morgan fingerprint density at radius 2 is 1.85 bits per heavy atom. The molecule has 1 aliphatic heterocycles. The van der Waals surface area contributed by atoms with Gasteiger partial charge in [-0.1, -0.05) is 30.3 Å². The highest BCUT2D eigenvalue weighted by molar-refractivity contribution is 5.68. The molecule has 0 atom stereocenters. The van der Waals surface area contributed by atoms with Gasteiger partial charge in [0, 0.05) is 19.1 Å². The average Bonchev–Trinajstić information content (AvgIpc) is 2.58. The van der Waals surface area contributed by atoms with Crippen molar-refractivity contribution in [3.8, 4) is 0 Å². The van der Waals surface area contributed by atoms with Gasteiger partial charge >= 0.3 is 6.09 Å². The largest absolute Gasteiger partial charge is 0.475 e. The molecule has 1 N–H and O–H groups in total. The lowest BCUT2D eigenvalue weighted by molar-refractivity contribution is -0.0125. The fraction of sp³-hybridized carbons (Fsp3) is 0.591. The van der Waals surface area contributed by atoms with Gasteiger partial charge in [0.15, 0.2) is 5.88 Å². The molecule has 1 aromatic rings. The quantitative estimate of drug-likeness (QED) is 0.776. The molecule has 2 aliphatic rings. The fourth-order valence-electron chi connectivity index (χ4n) is 4.03. The molecule has 0 radical (unpaired) electrons. The highest BCUT2D eigenvalue weighted by atomic mass is 16.6. The molecule has 5 nitrogen and oxygen atoms in total. The number of benzene rings is 1. The summed E-state index contributed by atoms with van der Waals surface area (Å²) < 4.78 is 11.2. The summed E-state index contributed by atoms with van der Waals surface area (Å²) in [6.45, 7) is 12.3. The van der Waals surface area contributed by atoms with Gasteiger partial charge in [0.25, 0.3) is 0 Å². The number of carbonyl (C=O) groups excluding carboxylic acids is 1. The van der Waals surface area contributed by atoms with Crippen LogP contribution in [0.15, 0.2) is 42.8 Å². The van der Waals surface area contributed by atoms with E-state index in [0.717, 1.165) is 50.2 Å². The van der Waals surface area contributed by atoms with Crippen LogP contribution in [-0.4, -0.2) is 35.7 Å². The average molecular weight is 373 g/mol. The van der Waals surface area contributed by atoms with Crippen molar-refractivity contribution in [1.29, 1.82) is 0 Å². The van der Waals surface area contributed by atoms with Crippen molar-refractivity contribution in [2.24, 2.45) is 5.41 Å². The summed E-state index contributed by atoms with van der Waals surface area (Å²) in [5.41, 5.74) is 1.06. The fourth-order valence-corrected chi connectivity index (χ4v) is 4.03. The van der Waals surface area contributed by atoms with Gasteiger partial charge in [-0.3, -0.25) is 0 Å². The minimum Gasteiger partial charge on any atom is -0.475 e. The van der Waals surface area contributed by atoms with E-state index in [1.165, 1.54) is 0 Å². The van der Waals surface area contributed by atoms with Crippen LogP contribution in [0, 0.1) is 5.41 Å². The van der Waals surface area contributed by atoms with Crippen molar-refractivity contribution in [3.05, 3.63) is 48.4 Å². The van der Waals surface area contributed by atoms with Gasteiger partial charge in [0.05, 0.1) is 0 Å². The van der Waals surface area contributed by atoms with Gasteiger partial charge in [0.1, 0.15) is 12.2 Å². The highest BCUT2D eigenvalue weighted by Gasteiger charge is 2.46. The molecule has 148 valence electrons. The molecule has 1 heterocycles. The van der Waals surface area contributed by atoms with Crippen LogP contribution in [0.25, 0.3) is 0 Å². The van der Waals surface area contributed by atoms with Crippen molar-refractivity contribution < 1.29 is 14.3 Å². The second-order valence-corrected chi connectivity index (χ2v) is 8.91. The Balaban J connectivity index is 1.37. The maximum Gasteiger partial charge on any atom is 0.407 e. The smallest absolute Gasteiger partial charge is 0.407 e. The minimum absolute atomic E-state index is 0.240. The number of amides is 1. The summed E-state index contributed by atoms with van der Waals surface area (Å²) in [6.07, 6.45) is 4.01. The Morgan fingerprint density at radius 3 is 2.44 bits per heavy atom. The third kappa shape index (κ3) is 5.41. The van der Waals surface area contributed by atoms with Crippen LogP contribution in [0.3, 0.4) is 0 Å². The zero-order chi connectivity index (χ0) is 19.5. The third-order valence-corrected chi connectivity index (χ3v) is 5.50. The topological polar surface area (TPSA) is 50.8 Å². The molecule has 0 unspecified atom stereocenters. The third-order valence-electron chi connectivity index (χ3n) is 5.50. The lowest BCUT2D eigenvalue weighted by Crippen LogP contribution is -2.55. The lowest BCUT2D eigenvalue weighted by Gasteiger charge is -2.52. The summed E-state index contributed by atoms with van der Waals surface area (Å²) in [5, 5.41) is 3.00. The predicted octanol–water partition coefficient (Wildman–Crippen LogP) is 4.44.